The highest BCUT2D eigenvalue weighted by Gasteiger charge is 2.26. The molecule has 0 radical (unpaired) electrons. The van der Waals surface area contributed by atoms with Crippen LogP contribution in [0, 0.1) is 5.92 Å². The number of esters is 1. The van der Waals surface area contributed by atoms with Crippen molar-refractivity contribution in [3.63, 3.8) is 0 Å². The van der Waals surface area contributed by atoms with Crippen LogP contribution in [0.1, 0.15) is 19.8 Å². The van der Waals surface area contributed by atoms with E-state index in [1.54, 1.807) is 6.92 Å². The van der Waals surface area contributed by atoms with Crippen molar-refractivity contribution in [2.45, 2.75) is 26.4 Å². The summed E-state index contributed by atoms with van der Waals surface area (Å²) in [5, 5.41) is 2.48. The van der Waals surface area contributed by atoms with Crippen LogP contribution in [-0.2, 0) is 16.2 Å². The first-order valence-electron chi connectivity index (χ1n) is 6.79. The molecule has 1 fully saturated rings. The maximum atomic E-state index is 11.7. The molecule has 0 unspecified atom stereocenters. The molecule has 2 rings (SSSR count). The Balaban J connectivity index is 2.02. The predicted molar refractivity (Wildman–Crippen MR) is 72.3 cm³/mol. The van der Waals surface area contributed by atoms with E-state index < -0.39 is 0 Å². The molecule has 1 aromatic heterocycles. The first kappa shape index (κ1) is 14.5. The minimum Gasteiger partial charge on any atom is -0.466 e. The number of aromatic nitrogens is 2. The van der Waals surface area contributed by atoms with Gasteiger partial charge in [0.1, 0.15) is 0 Å². The molecule has 0 aliphatic carbocycles. The van der Waals surface area contributed by atoms with Gasteiger partial charge in [-0.25, -0.2) is 4.68 Å². The van der Waals surface area contributed by atoms with E-state index >= 15 is 0 Å². The van der Waals surface area contributed by atoms with Crippen LogP contribution in [0.5, 0.6) is 0 Å². The molecule has 20 heavy (non-hydrogen) atoms. The number of nitrogens with one attached hydrogen (secondary N) is 1. The zero-order chi connectivity index (χ0) is 14.5. The lowest BCUT2D eigenvalue weighted by Gasteiger charge is -2.31. The van der Waals surface area contributed by atoms with Gasteiger partial charge in [0.15, 0.2) is 0 Å². The van der Waals surface area contributed by atoms with Crippen molar-refractivity contribution in [3.05, 3.63) is 32.8 Å². The number of hydrogen-bond acceptors (Lipinski definition) is 5. The van der Waals surface area contributed by atoms with Crippen LogP contribution in [0.15, 0.2) is 21.7 Å². The molecule has 0 bridgehead atoms. The monoisotopic (exact) mass is 281 g/mol. The molecular formula is C13H19N3O4. The lowest BCUT2D eigenvalue weighted by molar-refractivity contribution is -0.150. The molecule has 7 heteroatoms. The standard InChI is InChI=1S/C13H19N3O4/c1-2-20-13(19)10-4-3-7-15(8-10)9-16-12(18)6-5-11(17)14-16/h5-6,10H,2-4,7-9H2,1H3,(H,14,17)/t10-/m1/s1. The number of carbonyl (C=O) groups is 1. The predicted octanol–water partition coefficient (Wildman–Crippen LogP) is -0.231. The highest BCUT2D eigenvalue weighted by molar-refractivity contribution is 5.72. The van der Waals surface area contributed by atoms with Crippen LogP contribution >= 0.6 is 0 Å². The minimum absolute atomic E-state index is 0.158. The topological polar surface area (TPSA) is 84.4 Å². The fourth-order valence-corrected chi connectivity index (χ4v) is 2.40. The van der Waals surface area contributed by atoms with E-state index in [1.807, 2.05) is 4.90 Å². The Morgan fingerprint density at radius 1 is 1.45 bits per heavy atom. The van der Waals surface area contributed by atoms with Gasteiger partial charge in [-0.2, -0.15) is 0 Å². The second-order valence-corrected chi connectivity index (χ2v) is 4.89. The number of likely N-dealkylation sites (tertiary alicyclic amines) is 1. The summed E-state index contributed by atoms with van der Waals surface area (Å²) in [6, 6.07) is 2.45. The Bertz CT molecular complexity index is 577. The summed E-state index contributed by atoms with van der Waals surface area (Å²) in [6.07, 6.45) is 1.67. The zero-order valence-electron chi connectivity index (χ0n) is 11.5. The number of ether oxygens (including phenoxy) is 1. The summed E-state index contributed by atoms with van der Waals surface area (Å²) in [5.74, 6) is -0.346. The van der Waals surface area contributed by atoms with E-state index in [2.05, 4.69) is 5.10 Å². The largest absolute Gasteiger partial charge is 0.466 e. The Morgan fingerprint density at radius 2 is 2.25 bits per heavy atom. The molecule has 1 saturated heterocycles. The van der Waals surface area contributed by atoms with Crippen LogP contribution in [0.2, 0.25) is 0 Å². The maximum absolute atomic E-state index is 11.7. The third kappa shape index (κ3) is 3.57. The van der Waals surface area contributed by atoms with Gasteiger partial charge in [0.2, 0.25) is 0 Å². The van der Waals surface area contributed by atoms with Crippen molar-refractivity contribution in [3.8, 4) is 0 Å². The van der Waals surface area contributed by atoms with Gasteiger partial charge in [0, 0.05) is 18.7 Å². The highest BCUT2D eigenvalue weighted by Crippen LogP contribution is 2.17. The molecule has 7 nitrogen and oxygen atoms in total. The molecule has 0 aromatic carbocycles. The Kier molecular flexibility index (Phi) is 4.73. The molecule has 2 heterocycles. The van der Waals surface area contributed by atoms with E-state index in [0.29, 0.717) is 13.2 Å². The number of H-pyrrole nitrogens is 1. The van der Waals surface area contributed by atoms with E-state index in [9.17, 15) is 14.4 Å². The molecule has 1 N–H and O–H groups in total. The molecule has 0 spiro atoms. The summed E-state index contributed by atoms with van der Waals surface area (Å²) in [6.45, 7) is 3.78. The van der Waals surface area contributed by atoms with Crippen molar-refractivity contribution in [2.75, 3.05) is 19.7 Å². The average Bonchev–Trinajstić information content (AvgIpc) is 2.43. The summed E-state index contributed by atoms with van der Waals surface area (Å²) in [4.78, 5) is 36.6. The lowest BCUT2D eigenvalue weighted by atomic mass is 9.99. The first-order valence-corrected chi connectivity index (χ1v) is 6.79. The normalized spacial score (nSPS) is 19.8. The van der Waals surface area contributed by atoms with E-state index in [0.717, 1.165) is 19.4 Å². The van der Waals surface area contributed by atoms with Crippen LogP contribution in [0.4, 0.5) is 0 Å². The van der Waals surface area contributed by atoms with E-state index in [1.165, 1.54) is 16.8 Å². The van der Waals surface area contributed by atoms with Crippen molar-refractivity contribution in [1.82, 2.24) is 14.7 Å². The second-order valence-electron chi connectivity index (χ2n) is 4.89. The maximum Gasteiger partial charge on any atom is 0.310 e. The molecule has 1 atom stereocenters. The fraction of sp³-hybridized carbons (Fsp3) is 0.615. The third-order valence-corrected chi connectivity index (χ3v) is 3.36. The third-order valence-electron chi connectivity index (χ3n) is 3.36. The van der Waals surface area contributed by atoms with Crippen molar-refractivity contribution < 1.29 is 9.53 Å². The van der Waals surface area contributed by atoms with Gasteiger partial charge >= 0.3 is 5.97 Å². The number of carbonyl (C=O) groups excluding carboxylic acids is 1. The zero-order valence-corrected chi connectivity index (χ0v) is 11.5. The number of nitrogens with zero attached hydrogens (tertiary/aromatic N) is 2. The fourth-order valence-electron chi connectivity index (χ4n) is 2.40. The van der Waals surface area contributed by atoms with Crippen LogP contribution < -0.4 is 11.1 Å². The van der Waals surface area contributed by atoms with Crippen molar-refractivity contribution >= 4 is 5.97 Å². The van der Waals surface area contributed by atoms with Gasteiger partial charge in [-0.1, -0.05) is 0 Å². The summed E-state index contributed by atoms with van der Waals surface area (Å²) < 4.78 is 6.29. The molecule has 110 valence electrons. The first-order chi connectivity index (χ1) is 9.60. The van der Waals surface area contributed by atoms with E-state index in [-0.39, 0.29) is 29.7 Å². The smallest absolute Gasteiger partial charge is 0.310 e. The highest BCUT2D eigenvalue weighted by atomic mass is 16.5. The summed E-state index contributed by atoms with van der Waals surface area (Å²) >= 11 is 0. The van der Waals surface area contributed by atoms with Crippen LogP contribution in [-0.4, -0.2) is 40.3 Å². The molecule has 1 aliphatic heterocycles. The van der Waals surface area contributed by atoms with Crippen molar-refractivity contribution in [2.24, 2.45) is 5.92 Å². The Labute approximate surface area is 116 Å². The average molecular weight is 281 g/mol. The van der Waals surface area contributed by atoms with Gasteiger partial charge in [-0.05, 0) is 26.3 Å². The van der Waals surface area contributed by atoms with Gasteiger partial charge in [0.05, 0.1) is 19.2 Å². The molecule has 1 aromatic rings. The van der Waals surface area contributed by atoms with Gasteiger partial charge in [-0.15, -0.1) is 0 Å². The van der Waals surface area contributed by atoms with Gasteiger partial charge in [0.25, 0.3) is 11.1 Å². The van der Waals surface area contributed by atoms with Crippen LogP contribution in [0.25, 0.3) is 0 Å². The molecule has 0 saturated carbocycles. The number of rotatable bonds is 4. The van der Waals surface area contributed by atoms with Crippen LogP contribution in [0.3, 0.4) is 0 Å². The van der Waals surface area contributed by atoms with Crippen molar-refractivity contribution in [1.29, 1.82) is 0 Å². The SMILES string of the molecule is CCOC(=O)[C@@H]1CCCN(Cn2[nH]c(=O)ccc2=O)C1. The number of piperidine rings is 1. The number of hydrogen-bond donors (Lipinski definition) is 1. The molecule has 1 aliphatic rings. The minimum atomic E-state index is -0.316. The Hall–Kier alpha value is -1.89. The second kappa shape index (κ2) is 6.51. The summed E-state index contributed by atoms with van der Waals surface area (Å²) in [5.41, 5.74) is -0.577. The Morgan fingerprint density at radius 3 is 3.00 bits per heavy atom. The number of aromatic amines is 1. The molecule has 0 amide bonds. The van der Waals surface area contributed by atoms with Gasteiger partial charge < -0.3 is 4.74 Å². The summed E-state index contributed by atoms with van der Waals surface area (Å²) in [7, 11) is 0. The lowest BCUT2D eigenvalue weighted by Crippen LogP contribution is -2.43. The molecular weight excluding hydrogens is 262 g/mol. The quantitative estimate of drug-likeness (QED) is 0.771. The van der Waals surface area contributed by atoms with Gasteiger partial charge in [-0.3, -0.25) is 24.4 Å². The van der Waals surface area contributed by atoms with E-state index in [4.69, 9.17) is 4.74 Å².